The summed E-state index contributed by atoms with van der Waals surface area (Å²) in [6.45, 7) is 0.685. The van der Waals surface area contributed by atoms with E-state index in [1.165, 1.54) is 0 Å². The molecule has 4 aromatic rings. The quantitative estimate of drug-likeness (QED) is 0.316. The van der Waals surface area contributed by atoms with Crippen molar-refractivity contribution in [2.45, 2.75) is 6.54 Å². The molecule has 30 heavy (non-hydrogen) atoms. The van der Waals surface area contributed by atoms with Crippen molar-refractivity contribution in [3.05, 3.63) is 95.7 Å². The molecule has 3 N–H and O–H groups in total. The summed E-state index contributed by atoms with van der Waals surface area (Å²) in [6.07, 6.45) is 3.51. The fraction of sp³-hybridized carbons (Fsp3) is 0.0833. The van der Waals surface area contributed by atoms with E-state index >= 15 is 0 Å². The first-order valence-corrected chi connectivity index (χ1v) is 9.59. The molecule has 6 nitrogen and oxygen atoms in total. The summed E-state index contributed by atoms with van der Waals surface area (Å²) in [4.78, 5) is 15.5. The Morgan fingerprint density at radius 2 is 1.80 bits per heavy atom. The number of hydrazone groups is 1. The van der Waals surface area contributed by atoms with E-state index in [2.05, 4.69) is 20.8 Å². The zero-order chi connectivity index (χ0) is 20.8. The highest BCUT2D eigenvalue weighted by Crippen LogP contribution is 2.16. The van der Waals surface area contributed by atoms with E-state index in [0.29, 0.717) is 12.1 Å². The second kappa shape index (κ2) is 8.96. The molecule has 0 atom stereocenters. The molecule has 0 aliphatic carbocycles. The van der Waals surface area contributed by atoms with Gasteiger partial charge in [0.1, 0.15) is 5.75 Å². The zero-order valence-corrected chi connectivity index (χ0v) is 16.6. The largest absolute Gasteiger partial charge is 0.497 e. The Balaban J connectivity index is 1.32. The number of fused-ring (bicyclic) bond motifs is 1. The standard InChI is InChI=1S/C24H22N4O2/c1-30-21-12-6-17(7-13-21)14-25-20-10-8-18(9-11-20)24(29)28-27-16-19-15-26-23-5-3-2-4-22(19)23/h2-13,15-16,25-26H,14H2,1H3,(H,28,29). The second-order valence-electron chi connectivity index (χ2n) is 6.77. The van der Waals surface area contributed by atoms with Crippen LogP contribution in [0.4, 0.5) is 5.69 Å². The number of aromatic nitrogens is 1. The maximum absolute atomic E-state index is 12.3. The Morgan fingerprint density at radius 3 is 2.57 bits per heavy atom. The number of hydrogen-bond donors (Lipinski definition) is 3. The molecule has 0 bridgehead atoms. The Morgan fingerprint density at radius 1 is 1.03 bits per heavy atom. The van der Waals surface area contributed by atoms with Crippen LogP contribution in [0.15, 0.2) is 84.1 Å². The number of rotatable bonds is 7. The summed E-state index contributed by atoms with van der Waals surface area (Å²) >= 11 is 0. The zero-order valence-electron chi connectivity index (χ0n) is 16.6. The molecule has 1 amide bonds. The van der Waals surface area contributed by atoms with E-state index in [1.807, 2.05) is 66.9 Å². The molecular formula is C24H22N4O2. The van der Waals surface area contributed by atoms with Crippen LogP contribution in [-0.4, -0.2) is 24.2 Å². The monoisotopic (exact) mass is 398 g/mol. The second-order valence-corrected chi connectivity index (χ2v) is 6.77. The number of carbonyl (C=O) groups is 1. The fourth-order valence-electron chi connectivity index (χ4n) is 3.11. The number of benzene rings is 3. The molecular weight excluding hydrogens is 376 g/mol. The summed E-state index contributed by atoms with van der Waals surface area (Å²) in [6, 6.07) is 23.1. The summed E-state index contributed by atoms with van der Waals surface area (Å²) in [5.74, 6) is 0.578. The van der Waals surface area contributed by atoms with Crippen LogP contribution in [0.1, 0.15) is 21.5 Å². The van der Waals surface area contributed by atoms with Crippen LogP contribution in [-0.2, 0) is 6.54 Å². The van der Waals surface area contributed by atoms with Gasteiger partial charge in [-0.25, -0.2) is 5.43 Å². The van der Waals surface area contributed by atoms with Crippen molar-refractivity contribution in [1.82, 2.24) is 10.4 Å². The van der Waals surface area contributed by atoms with Gasteiger partial charge in [-0.2, -0.15) is 5.10 Å². The van der Waals surface area contributed by atoms with Gasteiger partial charge in [-0.05, 0) is 48.0 Å². The van der Waals surface area contributed by atoms with Crippen molar-refractivity contribution >= 4 is 28.7 Å². The van der Waals surface area contributed by atoms with Crippen molar-refractivity contribution in [2.24, 2.45) is 5.10 Å². The molecule has 0 aliphatic rings. The smallest absolute Gasteiger partial charge is 0.271 e. The molecule has 0 spiro atoms. The van der Waals surface area contributed by atoms with Gasteiger partial charge in [-0.15, -0.1) is 0 Å². The highest BCUT2D eigenvalue weighted by Gasteiger charge is 2.05. The molecule has 0 saturated heterocycles. The van der Waals surface area contributed by atoms with Gasteiger partial charge in [0.2, 0.25) is 0 Å². The summed E-state index contributed by atoms with van der Waals surface area (Å²) < 4.78 is 5.17. The van der Waals surface area contributed by atoms with Crippen molar-refractivity contribution in [3.63, 3.8) is 0 Å². The molecule has 1 heterocycles. The maximum atomic E-state index is 12.3. The third-order valence-corrected chi connectivity index (χ3v) is 4.79. The van der Waals surface area contributed by atoms with Crippen molar-refractivity contribution in [2.75, 3.05) is 12.4 Å². The van der Waals surface area contributed by atoms with Crippen molar-refractivity contribution < 1.29 is 9.53 Å². The molecule has 6 heteroatoms. The highest BCUT2D eigenvalue weighted by molar-refractivity contribution is 6.00. The highest BCUT2D eigenvalue weighted by atomic mass is 16.5. The molecule has 0 radical (unpaired) electrons. The maximum Gasteiger partial charge on any atom is 0.271 e. The number of para-hydroxylation sites is 1. The molecule has 0 saturated carbocycles. The molecule has 0 unspecified atom stereocenters. The number of aromatic amines is 1. The number of carbonyl (C=O) groups excluding carboxylic acids is 1. The predicted molar refractivity (Wildman–Crippen MR) is 120 cm³/mol. The Hall–Kier alpha value is -4.06. The van der Waals surface area contributed by atoms with Gasteiger partial charge in [0.05, 0.1) is 13.3 Å². The number of anilines is 1. The minimum Gasteiger partial charge on any atom is -0.497 e. The van der Waals surface area contributed by atoms with Crippen LogP contribution in [0.25, 0.3) is 10.9 Å². The number of ether oxygens (including phenoxy) is 1. The lowest BCUT2D eigenvalue weighted by Gasteiger charge is -2.08. The van der Waals surface area contributed by atoms with Gasteiger partial charge in [0, 0.05) is 40.5 Å². The summed E-state index contributed by atoms with van der Waals surface area (Å²) in [5, 5.41) is 8.48. The fourth-order valence-corrected chi connectivity index (χ4v) is 3.11. The van der Waals surface area contributed by atoms with Gasteiger partial charge in [0.25, 0.3) is 5.91 Å². The van der Waals surface area contributed by atoms with Crippen LogP contribution in [0.5, 0.6) is 5.75 Å². The molecule has 0 fully saturated rings. The van der Waals surface area contributed by atoms with Gasteiger partial charge < -0.3 is 15.0 Å². The van der Waals surface area contributed by atoms with E-state index in [4.69, 9.17) is 4.74 Å². The minimum absolute atomic E-state index is 0.257. The van der Waals surface area contributed by atoms with Crippen LogP contribution in [0, 0.1) is 0 Å². The summed E-state index contributed by atoms with van der Waals surface area (Å²) in [7, 11) is 1.65. The van der Waals surface area contributed by atoms with Crippen LogP contribution >= 0.6 is 0 Å². The molecule has 150 valence electrons. The average Bonchev–Trinajstić information content (AvgIpc) is 3.21. The van der Waals surface area contributed by atoms with Gasteiger partial charge in [0.15, 0.2) is 0 Å². The topological polar surface area (TPSA) is 78.5 Å². The lowest BCUT2D eigenvalue weighted by atomic mass is 10.2. The Labute approximate surface area is 174 Å². The molecule has 0 aliphatic heterocycles. The van der Waals surface area contributed by atoms with Gasteiger partial charge >= 0.3 is 0 Å². The van der Waals surface area contributed by atoms with Crippen LogP contribution < -0.4 is 15.5 Å². The number of methoxy groups -OCH3 is 1. The molecule has 4 rings (SSSR count). The van der Waals surface area contributed by atoms with Crippen molar-refractivity contribution in [3.8, 4) is 5.75 Å². The van der Waals surface area contributed by atoms with E-state index in [9.17, 15) is 4.79 Å². The minimum atomic E-state index is -0.257. The summed E-state index contributed by atoms with van der Waals surface area (Å²) in [5.41, 5.74) is 7.15. The molecule has 3 aromatic carbocycles. The lowest BCUT2D eigenvalue weighted by molar-refractivity contribution is 0.0955. The number of amides is 1. The lowest BCUT2D eigenvalue weighted by Crippen LogP contribution is -2.17. The third kappa shape index (κ3) is 4.50. The van der Waals surface area contributed by atoms with E-state index in [1.54, 1.807) is 25.5 Å². The number of H-pyrrole nitrogens is 1. The Kier molecular flexibility index (Phi) is 5.75. The number of nitrogens with one attached hydrogen (secondary N) is 3. The van der Waals surface area contributed by atoms with E-state index in [-0.39, 0.29) is 5.91 Å². The van der Waals surface area contributed by atoms with Crippen LogP contribution in [0.3, 0.4) is 0 Å². The third-order valence-electron chi connectivity index (χ3n) is 4.79. The van der Waals surface area contributed by atoms with Crippen LogP contribution in [0.2, 0.25) is 0 Å². The van der Waals surface area contributed by atoms with Crippen molar-refractivity contribution in [1.29, 1.82) is 0 Å². The van der Waals surface area contributed by atoms with Gasteiger partial charge in [-0.3, -0.25) is 4.79 Å². The van der Waals surface area contributed by atoms with E-state index < -0.39 is 0 Å². The number of hydrogen-bond acceptors (Lipinski definition) is 4. The van der Waals surface area contributed by atoms with E-state index in [0.717, 1.165) is 33.5 Å². The first-order chi connectivity index (χ1) is 14.7. The van der Waals surface area contributed by atoms with Gasteiger partial charge in [-0.1, -0.05) is 30.3 Å². The average molecular weight is 398 g/mol. The normalized spacial score (nSPS) is 11.0. The SMILES string of the molecule is COc1ccc(CNc2ccc(C(=O)NN=Cc3c[nH]c4ccccc34)cc2)cc1. The Bertz CT molecular complexity index is 1160. The first kappa shape index (κ1) is 19.3. The predicted octanol–water partition coefficient (Wildman–Crippen LogP) is 4.55. The molecule has 1 aromatic heterocycles. The first-order valence-electron chi connectivity index (χ1n) is 9.59. The number of nitrogens with zero attached hydrogens (tertiary/aromatic N) is 1.